The van der Waals surface area contributed by atoms with Crippen LogP contribution >= 0.6 is 0 Å². The Hall–Kier alpha value is -3.95. The Bertz CT molecular complexity index is 1020. The molecule has 0 bridgehead atoms. The Balaban J connectivity index is 1.44. The van der Waals surface area contributed by atoms with Gasteiger partial charge in [0.05, 0.1) is 32.7 Å². The standard InChI is InChI=1S/C24H30N4O6/c1-32-17-8-9-21(34-3)19(14-17)26-23(30)22(29)25-15-16-10-12-28(13-11-16)24(31)27-18-6-4-5-7-20(18)33-2/h4-9,14,16H,10-13,15H2,1-3H3,(H,25,29)(H,26,30)(H,27,31). The number of methoxy groups -OCH3 is 3. The first-order chi connectivity index (χ1) is 16.4. The number of carbonyl (C=O) groups is 3. The summed E-state index contributed by atoms with van der Waals surface area (Å²) >= 11 is 0. The summed E-state index contributed by atoms with van der Waals surface area (Å²) in [7, 11) is 4.53. The maximum atomic E-state index is 12.6. The van der Waals surface area contributed by atoms with Gasteiger partial charge in [-0.05, 0) is 43.0 Å². The Morgan fingerprint density at radius 3 is 2.21 bits per heavy atom. The predicted molar refractivity (Wildman–Crippen MR) is 127 cm³/mol. The Kier molecular flexibility index (Phi) is 8.55. The second-order valence-corrected chi connectivity index (χ2v) is 7.79. The van der Waals surface area contributed by atoms with Crippen molar-refractivity contribution in [3.8, 4) is 17.2 Å². The quantitative estimate of drug-likeness (QED) is 0.536. The fourth-order valence-corrected chi connectivity index (χ4v) is 3.69. The largest absolute Gasteiger partial charge is 0.497 e. The van der Waals surface area contributed by atoms with Gasteiger partial charge < -0.3 is 35.1 Å². The lowest BCUT2D eigenvalue weighted by molar-refractivity contribution is -0.136. The molecule has 1 aliphatic rings. The molecule has 2 aromatic rings. The number of benzene rings is 2. The van der Waals surface area contributed by atoms with E-state index >= 15 is 0 Å². The van der Waals surface area contributed by atoms with Crippen LogP contribution in [0, 0.1) is 5.92 Å². The van der Waals surface area contributed by atoms with Crippen LogP contribution in [0.15, 0.2) is 42.5 Å². The zero-order valence-corrected chi connectivity index (χ0v) is 19.6. The first-order valence-corrected chi connectivity index (χ1v) is 10.9. The minimum atomic E-state index is -0.792. The second-order valence-electron chi connectivity index (χ2n) is 7.79. The van der Waals surface area contributed by atoms with E-state index in [1.54, 1.807) is 42.3 Å². The van der Waals surface area contributed by atoms with Gasteiger partial charge in [-0.2, -0.15) is 0 Å². The molecule has 1 aliphatic heterocycles. The molecule has 4 amide bonds. The maximum absolute atomic E-state index is 12.6. The molecular formula is C24H30N4O6. The van der Waals surface area contributed by atoms with Crippen LogP contribution in [-0.2, 0) is 9.59 Å². The Morgan fingerprint density at radius 2 is 1.53 bits per heavy atom. The van der Waals surface area contributed by atoms with E-state index in [-0.39, 0.29) is 11.9 Å². The summed E-state index contributed by atoms with van der Waals surface area (Å²) in [6.07, 6.45) is 1.43. The van der Waals surface area contributed by atoms with Crippen LogP contribution in [0.1, 0.15) is 12.8 Å². The van der Waals surface area contributed by atoms with Crippen molar-refractivity contribution in [2.75, 3.05) is 51.6 Å². The summed E-state index contributed by atoms with van der Waals surface area (Å²) in [4.78, 5) is 38.9. The highest BCUT2D eigenvalue weighted by Gasteiger charge is 2.25. The molecule has 1 saturated heterocycles. The third-order valence-corrected chi connectivity index (χ3v) is 5.66. The number of para-hydroxylation sites is 2. The zero-order valence-electron chi connectivity index (χ0n) is 19.6. The van der Waals surface area contributed by atoms with E-state index in [4.69, 9.17) is 14.2 Å². The lowest BCUT2D eigenvalue weighted by Gasteiger charge is -2.32. The fraction of sp³-hybridized carbons (Fsp3) is 0.375. The molecule has 182 valence electrons. The molecule has 3 rings (SSSR count). The number of ether oxygens (including phenoxy) is 3. The molecule has 1 fully saturated rings. The molecular weight excluding hydrogens is 440 g/mol. The number of hydrogen-bond donors (Lipinski definition) is 3. The van der Waals surface area contributed by atoms with Crippen LogP contribution in [-0.4, -0.2) is 63.7 Å². The number of nitrogens with zero attached hydrogens (tertiary/aromatic N) is 1. The van der Waals surface area contributed by atoms with Crippen molar-refractivity contribution in [2.24, 2.45) is 5.92 Å². The van der Waals surface area contributed by atoms with Crippen molar-refractivity contribution in [3.05, 3.63) is 42.5 Å². The SMILES string of the molecule is COc1ccc(OC)c(NC(=O)C(=O)NCC2CCN(C(=O)Nc3ccccc3OC)CC2)c1. The molecule has 2 aromatic carbocycles. The van der Waals surface area contributed by atoms with Gasteiger partial charge in [0, 0.05) is 25.7 Å². The number of anilines is 2. The highest BCUT2D eigenvalue weighted by Crippen LogP contribution is 2.29. The molecule has 1 heterocycles. The third kappa shape index (κ3) is 6.31. The zero-order chi connectivity index (χ0) is 24.5. The third-order valence-electron chi connectivity index (χ3n) is 5.66. The molecule has 0 saturated carbocycles. The minimum absolute atomic E-state index is 0.165. The maximum Gasteiger partial charge on any atom is 0.321 e. The molecule has 0 aliphatic carbocycles. The van der Waals surface area contributed by atoms with Crippen LogP contribution in [0.4, 0.5) is 16.2 Å². The summed E-state index contributed by atoms with van der Waals surface area (Å²) in [5.41, 5.74) is 0.958. The summed E-state index contributed by atoms with van der Waals surface area (Å²) in [5, 5.41) is 8.10. The fourth-order valence-electron chi connectivity index (χ4n) is 3.69. The molecule has 0 radical (unpaired) electrons. The van der Waals surface area contributed by atoms with Gasteiger partial charge in [-0.25, -0.2) is 4.79 Å². The van der Waals surface area contributed by atoms with Crippen LogP contribution in [0.3, 0.4) is 0 Å². The average Bonchev–Trinajstić information content (AvgIpc) is 2.87. The van der Waals surface area contributed by atoms with E-state index in [1.807, 2.05) is 12.1 Å². The highest BCUT2D eigenvalue weighted by atomic mass is 16.5. The smallest absolute Gasteiger partial charge is 0.321 e. The first kappa shape index (κ1) is 24.7. The number of urea groups is 1. The number of carbonyl (C=O) groups excluding carboxylic acids is 3. The molecule has 0 atom stereocenters. The lowest BCUT2D eigenvalue weighted by atomic mass is 9.97. The highest BCUT2D eigenvalue weighted by molar-refractivity contribution is 6.39. The Labute approximate surface area is 198 Å². The normalized spacial score (nSPS) is 13.6. The van der Waals surface area contributed by atoms with Crippen LogP contribution in [0.5, 0.6) is 17.2 Å². The van der Waals surface area contributed by atoms with E-state index in [0.29, 0.717) is 61.1 Å². The molecule has 10 heteroatoms. The number of nitrogens with one attached hydrogen (secondary N) is 3. The second kappa shape index (κ2) is 11.8. The van der Waals surface area contributed by atoms with Gasteiger partial charge in [0.2, 0.25) is 0 Å². The minimum Gasteiger partial charge on any atom is -0.497 e. The van der Waals surface area contributed by atoms with E-state index in [9.17, 15) is 14.4 Å². The average molecular weight is 471 g/mol. The van der Waals surface area contributed by atoms with E-state index in [2.05, 4.69) is 16.0 Å². The summed E-state index contributed by atoms with van der Waals surface area (Å²) in [6, 6.07) is 11.9. The number of likely N-dealkylation sites (tertiary alicyclic amines) is 1. The molecule has 0 spiro atoms. The lowest BCUT2D eigenvalue weighted by Crippen LogP contribution is -2.44. The van der Waals surface area contributed by atoms with Crippen LogP contribution < -0.4 is 30.2 Å². The topological polar surface area (TPSA) is 118 Å². The summed E-state index contributed by atoms with van der Waals surface area (Å²) in [5.74, 6) is 0.178. The van der Waals surface area contributed by atoms with E-state index in [1.165, 1.54) is 14.2 Å². The number of amides is 4. The van der Waals surface area contributed by atoms with Crippen LogP contribution in [0.2, 0.25) is 0 Å². The van der Waals surface area contributed by atoms with Crippen molar-refractivity contribution < 1.29 is 28.6 Å². The summed E-state index contributed by atoms with van der Waals surface area (Å²) in [6.45, 7) is 1.45. The van der Waals surface area contributed by atoms with Gasteiger partial charge in [0.1, 0.15) is 17.2 Å². The van der Waals surface area contributed by atoms with Crippen molar-refractivity contribution in [2.45, 2.75) is 12.8 Å². The number of piperidine rings is 1. The van der Waals surface area contributed by atoms with Gasteiger partial charge in [0.25, 0.3) is 0 Å². The van der Waals surface area contributed by atoms with Gasteiger partial charge in [-0.3, -0.25) is 9.59 Å². The predicted octanol–water partition coefficient (Wildman–Crippen LogP) is 2.71. The monoisotopic (exact) mass is 470 g/mol. The first-order valence-electron chi connectivity index (χ1n) is 10.9. The van der Waals surface area contributed by atoms with Crippen molar-refractivity contribution in [1.29, 1.82) is 0 Å². The van der Waals surface area contributed by atoms with Gasteiger partial charge >= 0.3 is 17.8 Å². The molecule has 3 N–H and O–H groups in total. The van der Waals surface area contributed by atoms with Crippen molar-refractivity contribution in [3.63, 3.8) is 0 Å². The van der Waals surface area contributed by atoms with Crippen LogP contribution in [0.25, 0.3) is 0 Å². The van der Waals surface area contributed by atoms with Gasteiger partial charge in [-0.1, -0.05) is 12.1 Å². The van der Waals surface area contributed by atoms with E-state index in [0.717, 1.165) is 0 Å². The summed E-state index contributed by atoms with van der Waals surface area (Å²) < 4.78 is 15.6. The Morgan fingerprint density at radius 1 is 0.853 bits per heavy atom. The molecule has 0 aromatic heterocycles. The van der Waals surface area contributed by atoms with Gasteiger partial charge in [-0.15, -0.1) is 0 Å². The van der Waals surface area contributed by atoms with Crippen molar-refractivity contribution in [1.82, 2.24) is 10.2 Å². The van der Waals surface area contributed by atoms with Crippen molar-refractivity contribution >= 4 is 29.2 Å². The molecule has 34 heavy (non-hydrogen) atoms. The van der Waals surface area contributed by atoms with Gasteiger partial charge in [0.15, 0.2) is 0 Å². The molecule has 10 nitrogen and oxygen atoms in total. The van der Waals surface area contributed by atoms with E-state index < -0.39 is 11.8 Å². The number of hydrogen-bond acceptors (Lipinski definition) is 6. The number of rotatable bonds is 7. The molecule has 0 unspecified atom stereocenters.